The standard InChI is InChI=1S/C15H20N2O/c1-11-6-8-17(9-7-11)15(18)13-10-16-14-5-3-2-4-12(13)14/h2-5,11,13,16H,6-10H2,1H3. The smallest absolute Gasteiger partial charge is 0.231 e. The maximum Gasteiger partial charge on any atom is 0.231 e. The van der Waals surface area contributed by atoms with Crippen molar-refractivity contribution in [1.82, 2.24) is 4.90 Å². The number of fused-ring (bicyclic) bond motifs is 1. The van der Waals surface area contributed by atoms with Crippen LogP contribution >= 0.6 is 0 Å². The molecule has 3 nitrogen and oxygen atoms in total. The van der Waals surface area contributed by atoms with Crippen LogP contribution in [0.1, 0.15) is 31.2 Å². The third kappa shape index (κ3) is 1.98. The van der Waals surface area contributed by atoms with Crippen molar-refractivity contribution in [3.8, 4) is 0 Å². The number of amides is 1. The Hall–Kier alpha value is -1.51. The van der Waals surface area contributed by atoms with Gasteiger partial charge in [-0.25, -0.2) is 0 Å². The lowest BCUT2D eigenvalue weighted by atomic mass is 9.95. The highest BCUT2D eigenvalue weighted by atomic mass is 16.2. The Balaban J connectivity index is 1.74. The van der Waals surface area contributed by atoms with Crippen LogP contribution in [0, 0.1) is 5.92 Å². The van der Waals surface area contributed by atoms with Crippen LogP contribution in [0.2, 0.25) is 0 Å². The van der Waals surface area contributed by atoms with Crippen LogP contribution in [0.25, 0.3) is 0 Å². The molecule has 3 rings (SSSR count). The number of carbonyl (C=O) groups is 1. The van der Waals surface area contributed by atoms with Gasteiger partial charge in [0.25, 0.3) is 0 Å². The van der Waals surface area contributed by atoms with Gasteiger partial charge in [-0.2, -0.15) is 0 Å². The number of likely N-dealkylation sites (tertiary alicyclic amines) is 1. The second kappa shape index (κ2) is 4.63. The van der Waals surface area contributed by atoms with E-state index in [0.717, 1.165) is 44.1 Å². The maximum atomic E-state index is 12.6. The normalized spacial score (nSPS) is 23.6. The predicted molar refractivity (Wildman–Crippen MR) is 72.7 cm³/mol. The zero-order valence-electron chi connectivity index (χ0n) is 10.9. The Morgan fingerprint density at radius 1 is 1.28 bits per heavy atom. The van der Waals surface area contributed by atoms with E-state index in [0.29, 0.717) is 5.91 Å². The summed E-state index contributed by atoms with van der Waals surface area (Å²) in [6.07, 6.45) is 2.29. The number of carbonyl (C=O) groups excluding carboxylic acids is 1. The average Bonchev–Trinajstić information content (AvgIpc) is 2.82. The molecule has 1 saturated heterocycles. The summed E-state index contributed by atoms with van der Waals surface area (Å²) in [4.78, 5) is 14.6. The Morgan fingerprint density at radius 2 is 2.00 bits per heavy atom. The van der Waals surface area contributed by atoms with Crippen LogP contribution in [-0.2, 0) is 4.79 Å². The van der Waals surface area contributed by atoms with Crippen molar-refractivity contribution in [1.29, 1.82) is 0 Å². The van der Waals surface area contributed by atoms with Crippen molar-refractivity contribution >= 4 is 11.6 Å². The van der Waals surface area contributed by atoms with E-state index in [9.17, 15) is 4.79 Å². The Bertz CT molecular complexity index is 450. The van der Waals surface area contributed by atoms with Crippen molar-refractivity contribution < 1.29 is 4.79 Å². The van der Waals surface area contributed by atoms with Crippen LogP contribution in [-0.4, -0.2) is 30.4 Å². The molecule has 2 aliphatic heterocycles. The number of para-hydroxylation sites is 1. The average molecular weight is 244 g/mol. The zero-order chi connectivity index (χ0) is 12.5. The SMILES string of the molecule is CC1CCN(C(=O)C2CNc3ccccc32)CC1. The van der Waals surface area contributed by atoms with Crippen molar-refractivity contribution in [3.63, 3.8) is 0 Å². The number of rotatable bonds is 1. The molecule has 0 radical (unpaired) electrons. The van der Waals surface area contributed by atoms with Crippen molar-refractivity contribution in [2.24, 2.45) is 5.92 Å². The number of hydrogen-bond donors (Lipinski definition) is 1. The van der Waals surface area contributed by atoms with E-state index >= 15 is 0 Å². The van der Waals surface area contributed by atoms with E-state index in [2.05, 4.69) is 29.3 Å². The quantitative estimate of drug-likeness (QED) is 0.823. The summed E-state index contributed by atoms with van der Waals surface area (Å²) in [7, 11) is 0. The molecule has 96 valence electrons. The van der Waals surface area contributed by atoms with Crippen LogP contribution in [0.5, 0.6) is 0 Å². The van der Waals surface area contributed by atoms with Gasteiger partial charge in [0, 0.05) is 25.3 Å². The lowest BCUT2D eigenvalue weighted by molar-refractivity contribution is -0.133. The molecule has 1 atom stereocenters. The van der Waals surface area contributed by atoms with Gasteiger partial charge in [0.05, 0.1) is 5.92 Å². The molecule has 18 heavy (non-hydrogen) atoms. The van der Waals surface area contributed by atoms with Gasteiger partial charge >= 0.3 is 0 Å². The molecular weight excluding hydrogens is 224 g/mol. The van der Waals surface area contributed by atoms with Gasteiger partial charge in [0.15, 0.2) is 0 Å². The fourth-order valence-electron chi connectivity index (χ4n) is 2.95. The number of hydrogen-bond acceptors (Lipinski definition) is 2. The molecule has 1 aromatic rings. The van der Waals surface area contributed by atoms with E-state index < -0.39 is 0 Å². The first-order valence-electron chi connectivity index (χ1n) is 6.87. The van der Waals surface area contributed by atoms with Gasteiger partial charge in [-0.05, 0) is 30.4 Å². The van der Waals surface area contributed by atoms with Crippen LogP contribution < -0.4 is 5.32 Å². The molecule has 3 heteroatoms. The van der Waals surface area contributed by atoms with E-state index in [1.807, 2.05) is 12.1 Å². The van der Waals surface area contributed by atoms with E-state index in [1.54, 1.807) is 0 Å². The number of piperidine rings is 1. The van der Waals surface area contributed by atoms with Gasteiger partial charge in [-0.3, -0.25) is 4.79 Å². The first-order chi connectivity index (χ1) is 8.75. The van der Waals surface area contributed by atoms with Gasteiger partial charge in [0.2, 0.25) is 5.91 Å². The first-order valence-corrected chi connectivity index (χ1v) is 6.87. The Labute approximate surface area is 108 Å². The highest BCUT2D eigenvalue weighted by Crippen LogP contribution is 2.33. The summed E-state index contributed by atoms with van der Waals surface area (Å²) in [6.45, 7) is 4.88. The molecule has 1 unspecified atom stereocenters. The fraction of sp³-hybridized carbons (Fsp3) is 0.533. The topological polar surface area (TPSA) is 32.3 Å². The number of benzene rings is 1. The largest absolute Gasteiger partial charge is 0.384 e. The summed E-state index contributed by atoms with van der Waals surface area (Å²) in [5.41, 5.74) is 2.29. The first kappa shape index (κ1) is 11.6. The highest BCUT2D eigenvalue weighted by molar-refractivity contribution is 5.88. The molecule has 1 aromatic carbocycles. The fourth-order valence-corrected chi connectivity index (χ4v) is 2.95. The monoisotopic (exact) mass is 244 g/mol. The maximum absolute atomic E-state index is 12.6. The summed E-state index contributed by atoms with van der Waals surface area (Å²) >= 11 is 0. The molecule has 0 spiro atoms. The van der Waals surface area contributed by atoms with Crippen LogP contribution in [0.15, 0.2) is 24.3 Å². The summed E-state index contributed by atoms with van der Waals surface area (Å²) < 4.78 is 0. The third-order valence-corrected chi connectivity index (χ3v) is 4.23. The molecular formula is C15H20N2O. The molecule has 1 N–H and O–H groups in total. The second-order valence-corrected chi connectivity index (χ2v) is 5.53. The predicted octanol–water partition coefficient (Wildman–Crippen LogP) is 2.45. The third-order valence-electron chi connectivity index (χ3n) is 4.23. The summed E-state index contributed by atoms with van der Waals surface area (Å²) in [5, 5.41) is 3.33. The van der Waals surface area contributed by atoms with E-state index in [4.69, 9.17) is 0 Å². The van der Waals surface area contributed by atoms with Crippen molar-refractivity contribution in [3.05, 3.63) is 29.8 Å². The Morgan fingerprint density at radius 3 is 2.78 bits per heavy atom. The van der Waals surface area contributed by atoms with Crippen molar-refractivity contribution in [2.75, 3.05) is 25.0 Å². The molecule has 1 amide bonds. The zero-order valence-corrected chi connectivity index (χ0v) is 10.9. The van der Waals surface area contributed by atoms with Gasteiger partial charge in [0.1, 0.15) is 0 Å². The summed E-state index contributed by atoms with van der Waals surface area (Å²) in [6, 6.07) is 8.16. The number of anilines is 1. The lowest BCUT2D eigenvalue weighted by Gasteiger charge is -2.32. The molecule has 0 bridgehead atoms. The molecule has 2 heterocycles. The van der Waals surface area contributed by atoms with Gasteiger partial charge in [-0.1, -0.05) is 25.1 Å². The van der Waals surface area contributed by atoms with Crippen LogP contribution in [0.3, 0.4) is 0 Å². The number of nitrogens with zero attached hydrogens (tertiary/aromatic N) is 1. The lowest BCUT2D eigenvalue weighted by Crippen LogP contribution is -2.41. The van der Waals surface area contributed by atoms with Crippen molar-refractivity contribution in [2.45, 2.75) is 25.7 Å². The molecule has 0 saturated carbocycles. The van der Waals surface area contributed by atoms with Gasteiger partial charge in [-0.15, -0.1) is 0 Å². The Kier molecular flexibility index (Phi) is 2.98. The molecule has 1 fully saturated rings. The van der Waals surface area contributed by atoms with Crippen LogP contribution in [0.4, 0.5) is 5.69 Å². The molecule has 0 aliphatic carbocycles. The number of nitrogens with one attached hydrogen (secondary N) is 1. The minimum absolute atomic E-state index is 0.0228. The second-order valence-electron chi connectivity index (χ2n) is 5.53. The highest BCUT2D eigenvalue weighted by Gasteiger charge is 2.32. The molecule has 0 aromatic heterocycles. The van der Waals surface area contributed by atoms with E-state index in [1.165, 1.54) is 5.56 Å². The minimum Gasteiger partial charge on any atom is -0.384 e. The van der Waals surface area contributed by atoms with Gasteiger partial charge < -0.3 is 10.2 Å². The molecule has 2 aliphatic rings. The van der Waals surface area contributed by atoms with E-state index in [-0.39, 0.29) is 5.92 Å². The minimum atomic E-state index is 0.0228. The summed E-state index contributed by atoms with van der Waals surface area (Å²) in [5.74, 6) is 1.09.